The van der Waals surface area contributed by atoms with Crippen LogP contribution in [0.3, 0.4) is 0 Å². The Labute approximate surface area is 158 Å². The Bertz CT molecular complexity index is 917. The van der Waals surface area contributed by atoms with Gasteiger partial charge in [-0.15, -0.1) is 0 Å². The molecule has 0 saturated carbocycles. The second kappa shape index (κ2) is 8.98. The summed E-state index contributed by atoms with van der Waals surface area (Å²) in [6.45, 7) is 3.31. The maximum atomic E-state index is 13.1. The zero-order chi connectivity index (χ0) is 19.1. The molecule has 0 aliphatic heterocycles. The fourth-order valence-electron chi connectivity index (χ4n) is 2.79. The summed E-state index contributed by atoms with van der Waals surface area (Å²) >= 11 is 0. The molecular formula is C21H23N3O3. The molecule has 2 aromatic heterocycles. The van der Waals surface area contributed by atoms with Crippen LogP contribution in [0.4, 0.5) is 0 Å². The fourth-order valence-corrected chi connectivity index (χ4v) is 2.79. The molecule has 6 nitrogen and oxygen atoms in total. The van der Waals surface area contributed by atoms with Gasteiger partial charge >= 0.3 is 0 Å². The van der Waals surface area contributed by atoms with E-state index < -0.39 is 0 Å². The van der Waals surface area contributed by atoms with Crippen molar-refractivity contribution in [2.75, 3.05) is 0 Å². The number of hydrogen-bond donors (Lipinski definition) is 0. The number of hydrogen-bond acceptors (Lipinski definition) is 4. The van der Waals surface area contributed by atoms with Crippen LogP contribution in [0.2, 0.25) is 0 Å². The molecule has 1 aromatic carbocycles. The molecule has 0 spiro atoms. The lowest BCUT2D eigenvalue weighted by Gasteiger charge is -2.21. The first-order valence-electron chi connectivity index (χ1n) is 9.11. The molecule has 6 heteroatoms. The van der Waals surface area contributed by atoms with E-state index >= 15 is 0 Å². The lowest BCUT2D eigenvalue weighted by Crippen LogP contribution is -2.33. The van der Waals surface area contributed by atoms with Crippen LogP contribution < -0.4 is 5.56 Å². The smallest absolute Gasteiger partial charge is 0.275 e. The molecule has 3 aromatic rings. The lowest BCUT2D eigenvalue weighted by atomic mass is 10.2. The highest BCUT2D eigenvalue weighted by molar-refractivity contribution is 5.92. The van der Waals surface area contributed by atoms with E-state index in [-0.39, 0.29) is 17.2 Å². The van der Waals surface area contributed by atoms with E-state index in [0.29, 0.717) is 25.4 Å². The summed E-state index contributed by atoms with van der Waals surface area (Å²) in [6.07, 6.45) is 3.37. The number of carbonyl (C=O) groups excluding carboxylic acids is 1. The second-order valence-electron chi connectivity index (χ2n) is 6.36. The van der Waals surface area contributed by atoms with Crippen molar-refractivity contribution in [3.63, 3.8) is 0 Å². The second-order valence-corrected chi connectivity index (χ2v) is 6.36. The van der Waals surface area contributed by atoms with Crippen LogP contribution in [-0.2, 0) is 19.6 Å². The van der Waals surface area contributed by atoms with Crippen molar-refractivity contribution in [2.45, 2.75) is 39.4 Å². The third kappa shape index (κ3) is 4.94. The van der Waals surface area contributed by atoms with Crippen molar-refractivity contribution >= 4 is 5.91 Å². The molecule has 0 unspecified atom stereocenters. The van der Waals surface area contributed by atoms with Crippen molar-refractivity contribution < 1.29 is 9.21 Å². The van der Waals surface area contributed by atoms with Crippen molar-refractivity contribution in [3.05, 3.63) is 88.2 Å². The molecule has 0 N–H and O–H groups in total. The van der Waals surface area contributed by atoms with Gasteiger partial charge in [0.05, 0.1) is 12.8 Å². The number of benzene rings is 1. The van der Waals surface area contributed by atoms with Crippen molar-refractivity contribution in [1.29, 1.82) is 0 Å². The van der Waals surface area contributed by atoms with Gasteiger partial charge in [0.15, 0.2) is 0 Å². The SMILES string of the molecule is CCCCn1nc(C(=O)N(Cc2ccccc2)Cc2ccco2)ccc1=O. The molecule has 27 heavy (non-hydrogen) atoms. The number of amides is 1. The first-order valence-corrected chi connectivity index (χ1v) is 9.11. The predicted molar refractivity (Wildman–Crippen MR) is 102 cm³/mol. The first kappa shape index (κ1) is 18.6. The molecule has 0 fully saturated rings. The highest BCUT2D eigenvalue weighted by Gasteiger charge is 2.20. The van der Waals surface area contributed by atoms with E-state index in [9.17, 15) is 9.59 Å². The monoisotopic (exact) mass is 365 g/mol. The number of aromatic nitrogens is 2. The van der Waals surface area contributed by atoms with Gasteiger partial charge in [0, 0.05) is 19.2 Å². The number of carbonyl (C=O) groups is 1. The van der Waals surface area contributed by atoms with E-state index in [0.717, 1.165) is 18.4 Å². The van der Waals surface area contributed by atoms with E-state index in [1.165, 1.54) is 16.8 Å². The summed E-state index contributed by atoms with van der Waals surface area (Å²) in [4.78, 5) is 26.8. The molecular weight excluding hydrogens is 342 g/mol. The Kier molecular flexibility index (Phi) is 6.20. The minimum Gasteiger partial charge on any atom is -0.467 e. The van der Waals surface area contributed by atoms with Crippen LogP contribution in [0.5, 0.6) is 0 Å². The van der Waals surface area contributed by atoms with Crippen molar-refractivity contribution in [2.24, 2.45) is 0 Å². The fraction of sp³-hybridized carbons (Fsp3) is 0.286. The molecule has 0 aliphatic rings. The molecule has 0 aliphatic carbocycles. The molecule has 140 valence electrons. The maximum Gasteiger partial charge on any atom is 0.275 e. The van der Waals surface area contributed by atoms with Gasteiger partial charge in [-0.1, -0.05) is 43.7 Å². The van der Waals surface area contributed by atoms with Gasteiger partial charge in [0.1, 0.15) is 11.5 Å². The standard InChI is InChI=1S/C21H23N3O3/c1-2-3-13-24-20(25)12-11-19(22-24)21(26)23(16-18-10-7-14-27-18)15-17-8-5-4-6-9-17/h4-12,14H,2-3,13,15-16H2,1H3. The van der Waals surface area contributed by atoms with Gasteiger partial charge in [0.2, 0.25) is 0 Å². The Morgan fingerprint density at radius 1 is 1.07 bits per heavy atom. The number of aryl methyl sites for hydroxylation is 1. The normalized spacial score (nSPS) is 10.7. The third-order valence-electron chi connectivity index (χ3n) is 4.24. The van der Waals surface area contributed by atoms with Crippen molar-refractivity contribution in [1.82, 2.24) is 14.7 Å². The van der Waals surface area contributed by atoms with Crippen molar-refractivity contribution in [3.8, 4) is 0 Å². The Balaban J connectivity index is 1.86. The minimum absolute atomic E-state index is 0.194. The lowest BCUT2D eigenvalue weighted by molar-refractivity contribution is 0.0708. The number of unbranched alkanes of at least 4 members (excludes halogenated alkanes) is 1. The summed E-state index contributed by atoms with van der Waals surface area (Å²) in [6, 6.07) is 16.3. The van der Waals surface area contributed by atoms with Crippen LogP contribution in [0, 0.1) is 0 Å². The maximum absolute atomic E-state index is 13.1. The van der Waals surface area contributed by atoms with E-state index in [1.807, 2.05) is 43.3 Å². The average Bonchev–Trinajstić information content (AvgIpc) is 3.20. The van der Waals surface area contributed by atoms with Crippen LogP contribution in [0.15, 0.2) is 70.1 Å². The summed E-state index contributed by atoms with van der Waals surface area (Å²) in [5.74, 6) is 0.457. The van der Waals surface area contributed by atoms with Crippen LogP contribution in [-0.4, -0.2) is 20.6 Å². The average molecular weight is 365 g/mol. The molecule has 2 heterocycles. The van der Waals surface area contributed by atoms with Crippen LogP contribution >= 0.6 is 0 Å². The molecule has 0 saturated heterocycles. The van der Waals surface area contributed by atoms with Gasteiger partial charge in [0.25, 0.3) is 11.5 Å². The highest BCUT2D eigenvalue weighted by Crippen LogP contribution is 2.13. The van der Waals surface area contributed by atoms with E-state index in [4.69, 9.17) is 4.42 Å². The summed E-state index contributed by atoms with van der Waals surface area (Å²) in [5.41, 5.74) is 1.07. The zero-order valence-electron chi connectivity index (χ0n) is 15.4. The number of furan rings is 1. The largest absolute Gasteiger partial charge is 0.467 e. The predicted octanol–water partition coefficient (Wildman–Crippen LogP) is 3.48. The number of nitrogens with zero attached hydrogens (tertiary/aromatic N) is 3. The summed E-state index contributed by atoms with van der Waals surface area (Å²) < 4.78 is 6.78. The first-order chi connectivity index (χ1) is 13.2. The molecule has 0 atom stereocenters. The Morgan fingerprint density at radius 3 is 2.59 bits per heavy atom. The quantitative estimate of drug-likeness (QED) is 0.613. The Hall–Kier alpha value is -3.15. The topological polar surface area (TPSA) is 68.3 Å². The number of rotatable bonds is 8. The molecule has 0 radical (unpaired) electrons. The van der Waals surface area contributed by atoms with Crippen LogP contribution in [0.25, 0.3) is 0 Å². The van der Waals surface area contributed by atoms with Crippen LogP contribution in [0.1, 0.15) is 41.6 Å². The third-order valence-corrected chi connectivity index (χ3v) is 4.24. The van der Waals surface area contributed by atoms with E-state index in [2.05, 4.69) is 5.10 Å². The minimum atomic E-state index is -0.236. The molecule has 3 rings (SSSR count). The van der Waals surface area contributed by atoms with E-state index in [1.54, 1.807) is 17.2 Å². The van der Waals surface area contributed by atoms with Gasteiger partial charge in [-0.25, -0.2) is 4.68 Å². The highest BCUT2D eigenvalue weighted by atomic mass is 16.3. The molecule has 1 amide bonds. The van der Waals surface area contributed by atoms with Gasteiger partial charge in [-0.3, -0.25) is 9.59 Å². The Morgan fingerprint density at radius 2 is 1.89 bits per heavy atom. The molecule has 0 bridgehead atoms. The van der Waals surface area contributed by atoms with Gasteiger partial charge in [-0.05, 0) is 30.2 Å². The summed E-state index contributed by atoms with van der Waals surface area (Å²) in [5, 5.41) is 4.28. The zero-order valence-corrected chi connectivity index (χ0v) is 15.4. The van der Waals surface area contributed by atoms with Gasteiger partial charge < -0.3 is 9.32 Å². The summed E-state index contributed by atoms with van der Waals surface area (Å²) in [7, 11) is 0. The van der Waals surface area contributed by atoms with Gasteiger partial charge in [-0.2, -0.15) is 5.10 Å².